The third kappa shape index (κ3) is 12.5. The topological polar surface area (TPSA) is 114 Å². The van der Waals surface area contributed by atoms with Gasteiger partial charge in [-0.05, 0) is 85.3 Å². The lowest BCUT2D eigenvalue weighted by Crippen LogP contribution is -2.57. The molecule has 0 aliphatic heterocycles. The summed E-state index contributed by atoms with van der Waals surface area (Å²) in [5, 5.41) is 5.73. The minimum atomic E-state index is -1.10. The molecule has 0 aromatic heterocycles. The summed E-state index contributed by atoms with van der Waals surface area (Å²) in [6.45, 7) is 20.3. The van der Waals surface area contributed by atoms with Gasteiger partial charge in [0.2, 0.25) is 11.8 Å². The molecular weight excluding hydrogens is 582 g/mol. The molecule has 4 unspecified atom stereocenters. The Morgan fingerprint density at radius 1 is 0.804 bits per heavy atom. The molecule has 2 N–H and O–H groups in total. The fourth-order valence-corrected chi connectivity index (χ4v) is 5.06. The molecule has 0 spiro atoms. The number of hydrogen-bond donors (Lipinski definition) is 2. The predicted octanol–water partition coefficient (Wildman–Crippen LogP) is 6.67. The quantitative estimate of drug-likeness (QED) is 0.237. The van der Waals surface area contributed by atoms with E-state index < -0.39 is 59.2 Å². The van der Waals surface area contributed by atoms with Gasteiger partial charge < -0.3 is 25.0 Å². The highest BCUT2D eigenvalue weighted by Crippen LogP contribution is 2.28. The van der Waals surface area contributed by atoms with E-state index in [-0.39, 0.29) is 12.3 Å². The molecule has 0 bridgehead atoms. The van der Waals surface area contributed by atoms with Crippen molar-refractivity contribution >= 4 is 23.9 Å². The number of esters is 1. The van der Waals surface area contributed by atoms with Crippen LogP contribution in [0.15, 0.2) is 54.6 Å². The van der Waals surface area contributed by atoms with Crippen molar-refractivity contribution in [3.8, 4) is 0 Å². The first-order valence-electron chi connectivity index (χ1n) is 16.3. The zero-order valence-corrected chi connectivity index (χ0v) is 29.6. The van der Waals surface area contributed by atoms with Crippen LogP contribution in [0.3, 0.4) is 0 Å². The number of rotatable bonds is 13. The van der Waals surface area contributed by atoms with Crippen molar-refractivity contribution in [1.29, 1.82) is 0 Å². The van der Waals surface area contributed by atoms with Crippen molar-refractivity contribution in [2.24, 2.45) is 5.92 Å². The zero-order valence-electron chi connectivity index (χ0n) is 29.6. The smallest absolute Gasteiger partial charge is 0.408 e. The minimum Gasteiger partial charge on any atom is -0.458 e. The maximum Gasteiger partial charge on any atom is 0.408 e. The fraction of sp³-hybridized carbons (Fsp3) is 0.568. The van der Waals surface area contributed by atoms with Gasteiger partial charge in [0.25, 0.3) is 0 Å². The van der Waals surface area contributed by atoms with E-state index in [9.17, 15) is 19.2 Å². The van der Waals surface area contributed by atoms with Crippen molar-refractivity contribution in [3.63, 3.8) is 0 Å². The van der Waals surface area contributed by atoms with Crippen LogP contribution in [0.5, 0.6) is 0 Å². The largest absolute Gasteiger partial charge is 0.458 e. The lowest BCUT2D eigenvalue weighted by molar-refractivity contribution is -0.159. The maximum atomic E-state index is 14.6. The Morgan fingerprint density at radius 2 is 1.41 bits per heavy atom. The summed E-state index contributed by atoms with van der Waals surface area (Å²) in [6.07, 6.45) is 0.374. The second kappa shape index (κ2) is 16.6. The van der Waals surface area contributed by atoms with Crippen molar-refractivity contribution in [2.45, 2.75) is 131 Å². The van der Waals surface area contributed by atoms with E-state index in [0.717, 1.165) is 11.1 Å². The first-order chi connectivity index (χ1) is 21.3. The summed E-state index contributed by atoms with van der Waals surface area (Å²) in [5.74, 6) is -1.45. The monoisotopic (exact) mass is 637 g/mol. The van der Waals surface area contributed by atoms with Gasteiger partial charge in [0.15, 0.2) is 0 Å². The van der Waals surface area contributed by atoms with Crippen LogP contribution >= 0.6 is 0 Å². The number of aryl methyl sites for hydroxylation is 1. The van der Waals surface area contributed by atoms with Crippen molar-refractivity contribution in [3.05, 3.63) is 71.3 Å². The molecule has 0 fully saturated rings. The van der Waals surface area contributed by atoms with Gasteiger partial charge in [0.05, 0.1) is 0 Å². The number of nitrogens with one attached hydrogen (secondary N) is 2. The van der Waals surface area contributed by atoms with Crippen LogP contribution in [0.2, 0.25) is 0 Å². The van der Waals surface area contributed by atoms with Gasteiger partial charge in [-0.25, -0.2) is 9.59 Å². The molecule has 46 heavy (non-hydrogen) atoms. The molecule has 2 rings (SSSR count). The molecule has 0 saturated carbocycles. The lowest BCUT2D eigenvalue weighted by Gasteiger charge is -2.39. The summed E-state index contributed by atoms with van der Waals surface area (Å²) >= 11 is 0. The van der Waals surface area contributed by atoms with E-state index in [0.29, 0.717) is 18.4 Å². The van der Waals surface area contributed by atoms with Gasteiger partial charge >= 0.3 is 12.1 Å². The maximum absolute atomic E-state index is 14.6. The van der Waals surface area contributed by atoms with Crippen LogP contribution in [0.1, 0.15) is 105 Å². The first kappa shape index (κ1) is 38.3. The van der Waals surface area contributed by atoms with Crippen LogP contribution in [-0.2, 0) is 30.3 Å². The molecule has 0 radical (unpaired) electrons. The van der Waals surface area contributed by atoms with Crippen molar-refractivity contribution in [1.82, 2.24) is 15.5 Å². The summed E-state index contributed by atoms with van der Waals surface area (Å²) in [5.41, 5.74) is 0.813. The van der Waals surface area contributed by atoms with Crippen LogP contribution in [-0.4, -0.2) is 58.1 Å². The first-order valence-corrected chi connectivity index (χ1v) is 16.3. The van der Waals surface area contributed by atoms with E-state index in [1.165, 1.54) is 0 Å². The zero-order chi connectivity index (χ0) is 34.8. The summed E-state index contributed by atoms with van der Waals surface area (Å²) in [4.78, 5) is 57.0. The fourth-order valence-electron chi connectivity index (χ4n) is 5.06. The number of hydrogen-bond acceptors (Lipinski definition) is 6. The molecule has 4 atom stereocenters. The van der Waals surface area contributed by atoms with E-state index in [4.69, 9.17) is 9.47 Å². The Morgan fingerprint density at radius 3 is 1.93 bits per heavy atom. The number of benzene rings is 2. The Bertz CT molecular complexity index is 1310. The normalized spacial score (nSPS) is 14.4. The highest BCUT2D eigenvalue weighted by molar-refractivity contribution is 5.94. The van der Waals surface area contributed by atoms with E-state index in [1.54, 1.807) is 52.5 Å². The minimum absolute atomic E-state index is 0.0522. The number of amides is 3. The second-order valence-corrected chi connectivity index (χ2v) is 14.4. The number of carbonyl (C=O) groups is 4. The highest BCUT2D eigenvalue weighted by atomic mass is 16.6. The van der Waals surface area contributed by atoms with E-state index in [2.05, 4.69) is 10.6 Å². The standard InChI is InChI=1S/C37H55N3O6/c1-12-26(5)40(33(42)29(21-24(2)3)39-35(44)46-37(9,10)11)31(28-20-16-17-25(4)22-28)32(41)38-30(34(43)45-36(6,7)8)23-27-18-14-13-15-19-27/h13-20,22,24,26,29-31H,12,21,23H2,1-11H3,(H,38,41)(H,39,44). The number of alkyl carbamates (subject to hydrolysis) is 1. The molecule has 254 valence electrons. The van der Waals surface area contributed by atoms with Gasteiger partial charge in [-0.3, -0.25) is 9.59 Å². The lowest BCUT2D eigenvalue weighted by atomic mass is 9.96. The molecule has 3 amide bonds. The van der Waals surface area contributed by atoms with E-state index in [1.807, 2.05) is 83.1 Å². The number of ether oxygens (including phenoxy) is 2. The Labute approximate surface area is 275 Å². The molecule has 9 heteroatoms. The second-order valence-electron chi connectivity index (χ2n) is 14.4. The van der Waals surface area contributed by atoms with Gasteiger partial charge in [0.1, 0.15) is 29.3 Å². The molecular formula is C37H55N3O6. The predicted molar refractivity (Wildman–Crippen MR) is 181 cm³/mol. The number of carbonyl (C=O) groups excluding carboxylic acids is 4. The average Bonchev–Trinajstić information content (AvgIpc) is 2.92. The molecule has 2 aromatic rings. The average molecular weight is 638 g/mol. The highest BCUT2D eigenvalue weighted by Gasteiger charge is 2.40. The summed E-state index contributed by atoms with van der Waals surface area (Å²) in [7, 11) is 0. The molecule has 9 nitrogen and oxygen atoms in total. The van der Waals surface area contributed by atoms with Crippen LogP contribution < -0.4 is 10.6 Å². The van der Waals surface area contributed by atoms with E-state index >= 15 is 0 Å². The summed E-state index contributed by atoms with van der Waals surface area (Å²) in [6, 6.07) is 13.4. The van der Waals surface area contributed by atoms with Crippen LogP contribution in [0, 0.1) is 12.8 Å². The molecule has 0 aliphatic rings. The Hall–Kier alpha value is -3.88. The SMILES string of the molecule is CCC(C)N(C(=O)C(CC(C)C)NC(=O)OC(C)(C)C)C(C(=O)NC(Cc1ccccc1)C(=O)OC(C)(C)C)c1cccc(C)c1. The third-order valence-electron chi connectivity index (χ3n) is 7.19. The van der Waals surface area contributed by atoms with Gasteiger partial charge in [-0.2, -0.15) is 0 Å². The molecule has 2 aromatic carbocycles. The molecule has 0 aliphatic carbocycles. The van der Waals surface area contributed by atoms with Gasteiger partial charge in [-0.15, -0.1) is 0 Å². The van der Waals surface area contributed by atoms with Crippen LogP contribution in [0.25, 0.3) is 0 Å². The third-order valence-corrected chi connectivity index (χ3v) is 7.19. The van der Waals surface area contributed by atoms with Gasteiger partial charge in [-0.1, -0.05) is 80.9 Å². The number of nitrogens with zero attached hydrogens (tertiary/aromatic N) is 1. The Balaban J connectivity index is 2.64. The van der Waals surface area contributed by atoms with Crippen molar-refractivity contribution < 1.29 is 28.7 Å². The molecule has 0 heterocycles. The molecule has 0 saturated heterocycles. The van der Waals surface area contributed by atoms with Gasteiger partial charge in [0, 0.05) is 12.5 Å². The Kier molecular flexibility index (Phi) is 13.8. The summed E-state index contributed by atoms with van der Waals surface area (Å²) < 4.78 is 11.2. The van der Waals surface area contributed by atoms with Crippen LogP contribution in [0.4, 0.5) is 4.79 Å². The van der Waals surface area contributed by atoms with Crippen molar-refractivity contribution in [2.75, 3.05) is 0 Å².